The number of H-pyrrole nitrogens is 1. The van der Waals surface area contributed by atoms with Gasteiger partial charge in [-0.1, -0.05) is 24.1 Å². The van der Waals surface area contributed by atoms with Crippen LogP contribution in [-0.4, -0.2) is 98.9 Å². The molecule has 73 heavy (non-hydrogen) atoms. The van der Waals surface area contributed by atoms with Crippen LogP contribution in [0.15, 0.2) is 108 Å². The number of nitrogens with one attached hydrogen (secondary N) is 5. The van der Waals surface area contributed by atoms with Gasteiger partial charge >= 0.3 is 5.97 Å². The Bertz CT molecular complexity index is 2890. The zero-order valence-electron chi connectivity index (χ0n) is 41.5. The number of esters is 1. The van der Waals surface area contributed by atoms with Crippen LogP contribution in [0.3, 0.4) is 0 Å². The third-order valence-corrected chi connectivity index (χ3v) is 15.1. The van der Waals surface area contributed by atoms with E-state index in [1.165, 1.54) is 18.6 Å². The number of aliphatic imine (C=N–C) groups is 1. The number of fused-ring (bicyclic) bond motifs is 5. The van der Waals surface area contributed by atoms with Crippen molar-refractivity contribution in [2.75, 3.05) is 33.3 Å². The highest BCUT2D eigenvalue weighted by Gasteiger charge is 2.56. The molecule has 4 aliphatic heterocycles. The van der Waals surface area contributed by atoms with E-state index >= 15 is 0 Å². The molecule has 384 valence electrons. The molecule has 9 atom stereocenters. The van der Waals surface area contributed by atoms with E-state index in [1.54, 1.807) is 24.5 Å². The number of pyridine rings is 1. The molecule has 5 aliphatic rings. The topological polar surface area (TPSA) is 235 Å². The second-order valence-electron chi connectivity index (χ2n) is 20.1. The summed E-state index contributed by atoms with van der Waals surface area (Å²) < 4.78 is 28.3. The number of allylic oxidation sites excluding steroid dienone is 2. The van der Waals surface area contributed by atoms with Crippen LogP contribution in [0.25, 0.3) is 10.9 Å². The van der Waals surface area contributed by atoms with Crippen LogP contribution < -0.4 is 36.5 Å². The summed E-state index contributed by atoms with van der Waals surface area (Å²) in [5, 5.41) is 49.0. The zero-order chi connectivity index (χ0) is 50.5. The number of aromatic hydroxyl groups is 3. The van der Waals surface area contributed by atoms with Gasteiger partial charge in [0.05, 0.1) is 41.6 Å². The van der Waals surface area contributed by atoms with Gasteiger partial charge in [0.1, 0.15) is 18.4 Å². The number of phenols is 3. The first-order chi connectivity index (χ1) is 35.5. The van der Waals surface area contributed by atoms with Crippen molar-refractivity contribution in [1.82, 2.24) is 35.8 Å². The summed E-state index contributed by atoms with van der Waals surface area (Å²) in [6.07, 6.45) is 18.0. The number of carbonyl (C=O) groups is 1. The van der Waals surface area contributed by atoms with Crippen LogP contribution in [0.4, 0.5) is 0 Å². The number of nitrogens with two attached hydrogens (primary N) is 1. The molecule has 17 nitrogen and oxygen atoms in total. The molecule has 0 amide bonds. The summed E-state index contributed by atoms with van der Waals surface area (Å²) in [6.45, 7) is 3.58. The molecule has 1 spiro atoms. The van der Waals surface area contributed by atoms with Crippen LogP contribution in [0.2, 0.25) is 0 Å². The summed E-state index contributed by atoms with van der Waals surface area (Å²) in [6, 6.07) is 14.6. The Kier molecular flexibility index (Phi) is 14.7. The van der Waals surface area contributed by atoms with Crippen molar-refractivity contribution in [2.45, 2.75) is 107 Å². The minimum Gasteiger partial charge on any atom is -0.504 e. The first kappa shape index (κ1) is 49.3. The van der Waals surface area contributed by atoms with Crippen molar-refractivity contribution in [2.24, 2.45) is 28.5 Å². The van der Waals surface area contributed by atoms with E-state index < -0.39 is 29.8 Å². The summed E-state index contributed by atoms with van der Waals surface area (Å²) in [7, 11) is 1.98. The molecular formula is C56H67N9O8. The van der Waals surface area contributed by atoms with E-state index in [1.807, 2.05) is 43.6 Å². The van der Waals surface area contributed by atoms with Gasteiger partial charge in [0, 0.05) is 100 Å². The molecule has 2 bridgehead atoms. The van der Waals surface area contributed by atoms with Crippen molar-refractivity contribution >= 4 is 22.8 Å². The number of hydrogen-bond donors (Lipinski definition) is 9. The number of benzene rings is 2. The van der Waals surface area contributed by atoms with Gasteiger partial charge in [-0.3, -0.25) is 14.8 Å². The van der Waals surface area contributed by atoms with Gasteiger partial charge in [0.2, 0.25) is 5.75 Å². The van der Waals surface area contributed by atoms with E-state index in [0.717, 1.165) is 54.1 Å². The number of aromatic amines is 1. The number of hydrogen-bond acceptors (Lipinski definition) is 13. The van der Waals surface area contributed by atoms with Crippen LogP contribution in [0.1, 0.15) is 87.3 Å². The molecule has 5 aromatic rings. The van der Waals surface area contributed by atoms with Gasteiger partial charge in [-0.05, 0) is 110 Å². The molecule has 17 heteroatoms. The van der Waals surface area contributed by atoms with Gasteiger partial charge < -0.3 is 70.8 Å². The maximum Gasteiger partial charge on any atom is 0.302 e. The Morgan fingerprint density at radius 2 is 2.00 bits per heavy atom. The fourth-order valence-electron chi connectivity index (χ4n) is 11.7. The second kappa shape index (κ2) is 21.8. The van der Waals surface area contributed by atoms with Crippen molar-refractivity contribution < 1.29 is 39.1 Å². The summed E-state index contributed by atoms with van der Waals surface area (Å²) in [5.41, 5.74) is 10.2. The quantitative estimate of drug-likeness (QED) is 0.0250. The van der Waals surface area contributed by atoms with Gasteiger partial charge in [-0.2, -0.15) is 0 Å². The Labute approximate surface area is 425 Å². The van der Waals surface area contributed by atoms with Gasteiger partial charge in [0.25, 0.3) is 0 Å². The number of carbonyl (C=O) groups excluding carboxylic acids is 1. The third kappa shape index (κ3) is 11.1. The average Bonchev–Trinajstić information content (AvgIpc) is 3.99. The first-order valence-corrected chi connectivity index (χ1v) is 25.7. The molecule has 10 rings (SSSR count). The largest absolute Gasteiger partial charge is 0.504 e. The maximum atomic E-state index is 12.6. The van der Waals surface area contributed by atoms with Crippen molar-refractivity contribution in [3.05, 3.63) is 120 Å². The maximum absolute atomic E-state index is 12.6. The van der Waals surface area contributed by atoms with E-state index in [0.29, 0.717) is 74.8 Å². The number of ether oxygens (including phenoxy) is 4. The Morgan fingerprint density at radius 1 is 1.10 bits per heavy atom. The van der Waals surface area contributed by atoms with Crippen LogP contribution in [0.5, 0.6) is 28.7 Å². The minimum atomic E-state index is -0.650. The van der Waals surface area contributed by atoms with E-state index in [2.05, 4.69) is 72.2 Å². The highest BCUT2D eigenvalue weighted by molar-refractivity contribution is 5.83. The number of rotatable bonds is 14. The molecule has 10 N–H and O–H groups in total. The summed E-state index contributed by atoms with van der Waals surface area (Å²) >= 11 is 0. The number of guanidine groups is 1. The lowest BCUT2D eigenvalue weighted by Gasteiger charge is -2.56. The van der Waals surface area contributed by atoms with E-state index in [9.17, 15) is 20.1 Å². The minimum absolute atomic E-state index is 0.0495. The lowest BCUT2D eigenvalue weighted by molar-refractivity contribution is -0.164. The Balaban J connectivity index is 0.987. The molecular weight excluding hydrogens is 927 g/mol. The highest BCUT2D eigenvalue weighted by Crippen LogP contribution is 2.48. The van der Waals surface area contributed by atoms with Gasteiger partial charge in [-0.15, -0.1) is 5.92 Å². The van der Waals surface area contributed by atoms with Crippen molar-refractivity contribution in [1.29, 1.82) is 0 Å². The zero-order valence-corrected chi connectivity index (χ0v) is 41.5. The summed E-state index contributed by atoms with van der Waals surface area (Å²) in [5.74, 6) is 7.72. The summed E-state index contributed by atoms with van der Waals surface area (Å²) in [4.78, 5) is 25.4. The van der Waals surface area contributed by atoms with Crippen LogP contribution in [0, 0.1) is 29.6 Å². The van der Waals surface area contributed by atoms with Crippen LogP contribution in [-0.2, 0) is 27.1 Å². The Morgan fingerprint density at radius 3 is 2.82 bits per heavy atom. The Hall–Kier alpha value is -7.29. The smallest absolute Gasteiger partial charge is 0.302 e. The normalized spacial score (nSPS) is 27.3. The molecule has 1 saturated carbocycles. The van der Waals surface area contributed by atoms with E-state index in [-0.39, 0.29) is 59.6 Å². The number of phenolic OH excluding ortho intramolecular Hbond substituents is 3. The molecule has 7 heterocycles. The monoisotopic (exact) mass is 994 g/mol. The van der Waals surface area contributed by atoms with Gasteiger partial charge in [-0.25, -0.2) is 0 Å². The average molecular weight is 994 g/mol. The third-order valence-electron chi connectivity index (χ3n) is 15.1. The molecule has 3 aromatic heterocycles. The first-order valence-electron chi connectivity index (χ1n) is 25.7. The standard InChI is InChI=1S/C56H67N9O8/c1-34(66)71-41-28-48(73-49(29-41)40-26-46(68)53(69)51(27-40)70-22-16-36-8-5-18-59-30-36)38-9-3-10-42-47(72-50-24-37(23-38)12-13-45(50)67)11-4-17-56(42)43(31-58-2)54(65-32-39-15-21-60-44(39)33-65)63-55(64-56)62-19-6-7-35-14-20-61-52(57)25-35/h5,8,12-15,18,21,24-27,30,32-33,38,41-43,47-49,54,58,60-61,67-69H,4,6-7,9,11,16-17,19-20,22-23,28-29,31,57H2,1-2H3,(H2,62,63,64)/t38-,41-,42-,43+,47+,48-,49+,54-,56-/m1/s1. The fourth-order valence-corrected chi connectivity index (χ4v) is 11.7. The molecule has 3 fully saturated rings. The molecule has 0 radical (unpaired) electrons. The molecule has 2 aromatic carbocycles. The lowest BCUT2D eigenvalue weighted by atomic mass is 9.62. The second-order valence-corrected chi connectivity index (χ2v) is 20.1. The SMILES string of the molecule is CNC[C@H]1[C@@H](n2cc3cc[nH]c3c2)NC(=NCCCC2=CCNC(N)=C2)N[C@@]12CCC[C@@H]1Oc3cc(ccc3O)C[C@H]([C@H]3C[C@@H](OC(C)=O)C[C@@H](c4cc(O)c(O)c(OCCc5cccnc5)c4)O3)CC#C[C@H]12. The highest BCUT2D eigenvalue weighted by atomic mass is 16.6. The lowest BCUT2D eigenvalue weighted by Crippen LogP contribution is -2.73. The van der Waals surface area contributed by atoms with E-state index in [4.69, 9.17) is 29.7 Å². The van der Waals surface area contributed by atoms with Gasteiger partial charge in [0.15, 0.2) is 29.0 Å². The van der Waals surface area contributed by atoms with Crippen molar-refractivity contribution in [3.8, 4) is 40.6 Å². The molecule has 2 saturated heterocycles. The predicted octanol–water partition coefficient (Wildman–Crippen LogP) is 6.50. The number of nitrogens with zero attached hydrogens (tertiary/aromatic N) is 3. The predicted molar refractivity (Wildman–Crippen MR) is 277 cm³/mol. The van der Waals surface area contributed by atoms with Crippen LogP contribution >= 0.6 is 0 Å². The molecule has 1 aliphatic carbocycles. The number of aromatic nitrogens is 3. The fraction of sp³-hybridized carbons (Fsp3) is 0.446. The number of dihydropyridines is 1. The molecule has 0 unspecified atom stereocenters. The van der Waals surface area contributed by atoms with Crippen molar-refractivity contribution in [3.63, 3.8) is 0 Å².